The highest BCUT2D eigenvalue weighted by molar-refractivity contribution is 5.97. The highest BCUT2D eigenvalue weighted by Gasteiger charge is 2.34. The Labute approximate surface area is 176 Å². The molecule has 30 heavy (non-hydrogen) atoms. The van der Waals surface area contributed by atoms with Crippen LogP contribution in [0.2, 0.25) is 0 Å². The first-order valence-corrected chi connectivity index (χ1v) is 10.6. The number of carbonyl (C=O) groups excluding carboxylic acids is 1. The zero-order chi connectivity index (χ0) is 20.9. The van der Waals surface area contributed by atoms with E-state index in [1.807, 2.05) is 4.90 Å². The summed E-state index contributed by atoms with van der Waals surface area (Å²) < 4.78 is 21.9. The summed E-state index contributed by atoms with van der Waals surface area (Å²) in [6.45, 7) is 2.05. The number of piperidine rings is 1. The van der Waals surface area contributed by atoms with Gasteiger partial charge in [0.15, 0.2) is 5.82 Å². The molecule has 1 aliphatic heterocycles. The van der Waals surface area contributed by atoms with E-state index in [1.165, 1.54) is 12.8 Å². The van der Waals surface area contributed by atoms with Crippen molar-refractivity contribution >= 4 is 5.91 Å². The second-order valence-corrected chi connectivity index (χ2v) is 7.89. The molecule has 1 aromatic heterocycles. The van der Waals surface area contributed by atoms with Crippen molar-refractivity contribution in [2.75, 3.05) is 34.0 Å². The lowest BCUT2D eigenvalue weighted by molar-refractivity contribution is 0.0558. The number of aromatic nitrogens is 2. The second kappa shape index (κ2) is 9.47. The second-order valence-electron chi connectivity index (χ2n) is 7.89. The molecule has 1 saturated heterocycles. The maximum atomic E-state index is 13.3. The van der Waals surface area contributed by atoms with E-state index in [9.17, 15) is 4.79 Å². The third kappa shape index (κ3) is 4.75. The molecule has 2 fully saturated rings. The molecule has 1 aliphatic carbocycles. The molecule has 0 radical (unpaired) electrons. The Morgan fingerprint density at radius 3 is 2.83 bits per heavy atom. The van der Waals surface area contributed by atoms with Crippen molar-refractivity contribution in [2.24, 2.45) is 5.92 Å². The predicted molar refractivity (Wildman–Crippen MR) is 109 cm³/mol. The zero-order valence-corrected chi connectivity index (χ0v) is 17.6. The number of nitrogens with zero attached hydrogens (tertiary/aromatic N) is 3. The van der Waals surface area contributed by atoms with Crippen LogP contribution in [0.5, 0.6) is 11.5 Å². The van der Waals surface area contributed by atoms with Gasteiger partial charge >= 0.3 is 0 Å². The van der Waals surface area contributed by atoms with E-state index in [0.29, 0.717) is 48.4 Å². The Kier molecular flexibility index (Phi) is 6.52. The third-order valence-electron chi connectivity index (χ3n) is 5.69. The summed E-state index contributed by atoms with van der Waals surface area (Å²) >= 11 is 0. The molecular formula is C22H29N3O5. The molecular weight excluding hydrogens is 386 g/mol. The maximum Gasteiger partial charge on any atom is 0.258 e. The van der Waals surface area contributed by atoms with Crippen LogP contribution in [0.1, 0.15) is 60.2 Å². The molecule has 8 nitrogen and oxygen atoms in total. The van der Waals surface area contributed by atoms with Crippen molar-refractivity contribution in [1.29, 1.82) is 0 Å². The van der Waals surface area contributed by atoms with Crippen LogP contribution in [0, 0.1) is 5.92 Å². The van der Waals surface area contributed by atoms with Crippen molar-refractivity contribution in [3.8, 4) is 11.5 Å². The number of hydrogen-bond acceptors (Lipinski definition) is 7. The molecule has 1 atom stereocenters. The number of benzene rings is 1. The van der Waals surface area contributed by atoms with Gasteiger partial charge in [-0.15, -0.1) is 0 Å². The number of methoxy groups -OCH3 is 2. The van der Waals surface area contributed by atoms with Crippen LogP contribution >= 0.6 is 0 Å². The fourth-order valence-electron chi connectivity index (χ4n) is 3.76. The average Bonchev–Trinajstić information content (AvgIpc) is 3.51. The fraction of sp³-hybridized carbons (Fsp3) is 0.591. The van der Waals surface area contributed by atoms with Gasteiger partial charge in [0, 0.05) is 25.6 Å². The molecule has 162 valence electrons. The number of rotatable bonds is 9. The molecule has 8 heteroatoms. The van der Waals surface area contributed by atoms with Gasteiger partial charge in [0.2, 0.25) is 5.89 Å². The van der Waals surface area contributed by atoms with E-state index < -0.39 is 0 Å². The van der Waals surface area contributed by atoms with Crippen molar-refractivity contribution in [3.63, 3.8) is 0 Å². The van der Waals surface area contributed by atoms with Crippen LogP contribution in [-0.4, -0.2) is 54.9 Å². The zero-order valence-electron chi connectivity index (χ0n) is 17.6. The molecule has 0 spiro atoms. The normalized spacial score (nSPS) is 19.0. The van der Waals surface area contributed by atoms with Crippen LogP contribution in [0.4, 0.5) is 0 Å². The average molecular weight is 415 g/mol. The fourth-order valence-corrected chi connectivity index (χ4v) is 3.76. The van der Waals surface area contributed by atoms with E-state index in [2.05, 4.69) is 10.1 Å². The van der Waals surface area contributed by atoms with E-state index >= 15 is 0 Å². The Bertz CT molecular complexity index is 864. The number of carbonyl (C=O) groups is 1. The Balaban J connectivity index is 1.45. The third-order valence-corrected chi connectivity index (χ3v) is 5.69. The summed E-state index contributed by atoms with van der Waals surface area (Å²) in [5.41, 5.74) is 0.499. The minimum Gasteiger partial charge on any atom is -0.497 e. The van der Waals surface area contributed by atoms with Gasteiger partial charge in [-0.3, -0.25) is 4.79 Å². The first kappa shape index (κ1) is 20.7. The van der Waals surface area contributed by atoms with Gasteiger partial charge < -0.3 is 23.6 Å². The van der Waals surface area contributed by atoms with Crippen LogP contribution < -0.4 is 9.47 Å². The molecule has 0 N–H and O–H groups in total. The van der Waals surface area contributed by atoms with Gasteiger partial charge in [-0.2, -0.15) is 4.98 Å². The largest absolute Gasteiger partial charge is 0.497 e. The first-order valence-electron chi connectivity index (χ1n) is 10.6. The summed E-state index contributed by atoms with van der Waals surface area (Å²) in [7, 11) is 3.13. The summed E-state index contributed by atoms with van der Waals surface area (Å²) in [5.74, 6) is 2.88. The highest BCUT2D eigenvalue weighted by Crippen LogP contribution is 2.34. The van der Waals surface area contributed by atoms with E-state index in [-0.39, 0.29) is 11.9 Å². The van der Waals surface area contributed by atoms with Crippen LogP contribution in [0.3, 0.4) is 0 Å². The molecule has 2 aliphatic rings. The number of ether oxygens (including phenoxy) is 3. The first-order chi connectivity index (χ1) is 14.7. The molecule has 1 unspecified atom stereocenters. The lowest BCUT2D eigenvalue weighted by Gasteiger charge is -2.33. The van der Waals surface area contributed by atoms with Gasteiger partial charge in [0.05, 0.1) is 26.4 Å². The molecule has 1 aromatic carbocycles. The Morgan fingerprint density at radius 2 is 2.07 bits per heavy atom. The van der Waals surface area contributed by atoms with E-state index in [4.69, 9.17) is 18.7 Å². The van der Waals surface area contributed by atoms with Gasteiger partial charge in [0.25, 0.3) is 5.91 Å². The van der Waals surface area contributed by atoms with Gasteiger partial charge in [0.1, 0.15) is 17.5 Å². The van der Waals surface area contributed by atoms with Crippen molar-refractivity contribution in [2.45, 2.75) is 44.6 Å². The predicted octanol–water partition coefficient (Wildman–Crippen LogP) is 3.42. The number of likely N-dealkylation sites (tertiary alicyclic amines) is 1. The van der Waals surface area contributed by atoms with Gasteiger partial charge in [-0.25, -0.2) is 0 Å². The smallest absolute Gasteiger partial charge is 0.258 e. The Morgan fingerprint density at radius 1 is 1.20 bits per heavy atom. The topological polar surface area (TPSA) is 86.9 Å². The molecule has 2 aromatic rings. The Hall–Kier alpha value is -2.61. The van der Waals surface area contributed by atoms with Gasteiger partial charge in [-0.1, -0.05) is 5.16 Å². The monoisotopic (exact) mass is 415 g/mol. The van der Waals surface area contributed by atoms with Crippen LogP contribution in [0.25, 0.3) is 0 Å². The maximum absolute atomic E-state index is 13.3. The van der Waals surface area contributed by atoms with Crippen molar-refractivity contribution in [1.82, 2.24) is 15.0 Å². The van der Waals surface area contributed by atoms with Crippen LogP contribution in [-0.2, 0) is 11.2 Å². The van der Waals surface area contributed by atoms with Crippen LogP contribution in [0.15, 0.2) is 22.7 Å². The summed E-state index contributed by atoms with van der Waals surface area (Å²) in [5, 5.41) is 4.10. The molecule has 1 amide bonds. The SMILES string of the molecule is COc1ccc(C(=O)N2CCCCC2c2nc(CCOCC3CC3)no2)c(OC)c1. The summed E-state index contributed by atoms with van der Waals surface area (Å²) in [6.07, 6.45) is 5.91. The summed E-state index contributed by atoms with van der Waals surface area (Å²) in [4.78, 5) is 19.7. The molecule has 2 heterocycles. The molecule has 1 saturated carbocycles. The standard InChI is InChI=1S/C22H29N3O5/c1-27-16-8-9-17(19(13-16)28-2)22(26)25-11-4-3-5-18(25)21-23-20(24-30-21)10-12-29-14-15-6-7-15/h8-9,13,15,18H,3-7,10-12,14H2,1-2H3. The lowest BCUT2D eigenvalue weighted by Crippen LogP contribution is -2.38. The quantitative estimate of drug-likeness (QED) is 0.580. The highest BCUT2D eigenvalue weighted by atomic mass is 16.5. The van der Waals surface area contributed by atoms with Gasteiger partial charge in [-0.05, 0) is 50.2 Å². The summed E-state index contributed by atoms with van der Waals surface area (Å²) in [6, 6.07) is 4.99. The van der Waals surface area contributed by atoms with Crippen molar-refractivity contribution < 1.29 is 23.5 Å². The van der Waals surface area contributed by atoms with Crippen molar-refractivity contribution in [3.05, 3.63) is 35.5 Å². The molecule has 0 bridgehead atoms. The lowest BCUT2D eigenvalue weighted by atomic mass is 10.00. The van der Waals surface area contributed by atoms with E-state index in [0.717, 1.165) is 31.8 Å². The number of amides is 1. The minimum absolute atomic E-state index is 0.105. The minimum atomic E-state index is -0.230. The van der Waals surface area contributed by atoms with E-state index in [1.54, 1.807) is 32.4 Å². The number of hydrogen-bond donors (Lipinski definition) is 0. The molecule has 4 rings (SSSR count).